The fourth-order valence-electron chi connectivity index (χ4n) is 3.59. The molecule has 2 aromatic carbocycles. The lowest BCUT2D eigenvalue weighted by atomic mass is 9.93. The number of aromatic nitrogens is 1. The van der Waals surface area contributed by atoms with Gasteiger partial charge in [-0.15, -0.1) is 0 Å². The smallest absolute Gasteiger partial charge is 0.128 e. The van der Waals surface area contributed by atoms with E-state index >= 15 is 0 Å². The maximum Gasteiger partial charge on any atom is 0.128 e. The highest BCUT2D eigenvalue weighted by Crippen LogP contribution is 2.28. The predicted molar refractivity (Wildman–Crippen MR) is 105 cm³/mol. The van der Waals surface area contributed by atoms with E-state index in [9.17, 15) is 0 Å². The van der Waals surface area contributed by atoms with Crippen LogP contribution in [-0.4, -0.2) is 41.7 Å². The summed E-state index contributed by atoms with van der Waals surface area (Å²) in [5.41, 5.74) is 1.05. The molecule has 0 amide bonds. The van der Waals surface area contributed by atoms with E-state index < -0.39 is 0 Å². The van der Waals surface area contributed by atoms with E-state index in [1.807, 2.05) is 48.7 Å². The van der Waals surface area contributed by atoms with E-state index in [0.717, 1.165) is 54.9 Å². The lowest BCUT2D eigenvalue weighted by Crippen LogP contribution is -2.47. The number of para-hydroxylation sites is 1. The number of fused-ring (bicyclic) bond motifs is 1. The van der Waals surface area contributed by atoms with Gasteiger partial charge in [-0.1, -0.05) is 24.3 Å². The van der Waals surface area contributed by atoms with Crippen molar-refractivity contribution in [1.82, 2.24) is 9.88 Å². The Hall–Kier alpha value is -2.46. The van der Waals surface area contributed by atoms with Crippen molar-refractivity contribution in [1.29, 1.82) is 0 Å². The van der Waals surface area contributed by atoms with Gasteiger partial charge >= 0.3 is 0 Å². The molecule has 1 fully saturated rings. The van der Waals surface area contributed by atoms with Crippen molar-refractivity contribution >= 4 is 10.9 Å². The van der Waals surface area contributed by atoms with Crippen molar-refractivity contribution in [2.45, 2.75) is 25.4 Å². The first-order chi connectivity index (χ1) is 12.7. The Morgan fingerprint density at radius 2 is 1.81 bits per heavy atom. The summed E-state index contributed by atoms with van der Waals surface area (Å²) in [6.45, 7) is 5.96. The zero-order chi connectivity index (χ0) is 17.8. The van der Waals surface area contributed by atoms with Crippen LogP contribution in [0.25, 0.3) is 10.9 Å². The molecule has 0 spiro atoms. The van der Waals surface area contributed by atoms with E-state index in [1.165, 1.54) is 0 Å². The molecule has 1 aromatic heterocycles. The minimum Gasteiger partial charge on any atom is -0.492 e. The van der Waals surface area contributed by atoms with Crippen LogP contribution >= 0.6 is 0 Å². The van der Waals surface area contributed by atoms with Gasteiger partial charge in [-0.05, 0) is 50.1 Å². The summed E-state index contributed by atoms with van der Waals surface area (Å²) in [7, 11) is 0. The molecule has 3 aromatic rings. The molecule has 0 aliphatic carbocycles. The summed E-state index contributed by atoms with van der Waals surface area (Å²) < 4.78 is 12.3. The number of piperidine rings is 1. The maximum atomic E-state index is 6.24. The van der Waals surface area contributed by atoms with E-state index in [0.29, 0.717) is 6.61 Å². The SMILES string of the molecule is CC1(Oc2ccccc2)CCN(CCOc2cccc3[nH]ccc23)CC1. The highest BCUT2D eigenvalue weighted by molar-refractivity contribution is 5.85. The van der Waals surface area contributed by atoms with Gasteiger partial charge in [-0.3, -0.25) is 4.90 Å². The maximum absolute atomic E-state index is 6.24. The first kappa shape index (κ1) is 17.0. The first-order valence-corrected chi connectivity index (χ1v) is 9.37. The van der Waals surface area contributed by atoms with Gasteiger partial charge in [0.25, 0.3) is 0 Å². The van der Waals surface area contributed by atoms with Gasteiger partial charge in [0.15, 0.2) is 0 Å². The zero-order valence-electron chi connectivity index (χ0n) is 15.3. The Bertz CT molecular complexity index is 835. The molecule has 4 rings (SSSR count). The lowest BCUT2D eigenvalue weighted by Gasteiger charge is -2.39. The molecule has 0 saturated carbocycles. The van der Waals surface area contributed by atoms with E-state index in [-0.39, 0.29) is 5.60 Å². The van der Waals surface area contributed by atoms with Crippen LogP contribution in [0, 0.1) is 0 Å². The van der Waals surface area contributed by atoms with Crippen LogP contribution in [0.5, 0.6) is 11.5 Å². The monoisotopic (exact) mass is 350 g/mol. The van der Waals surface area contributed by atoms with Gasteiger partial charge in [0.05, 0.1) is 0 Å². The number of nitrogens with zero attached hydrogens (tertiary/aromatic N) is 1. The fraction of sp³-hybridized carbons (Fsp3) is 0.364. The molecule has 4 nitrogen and oxygen atoms in total. The standard InChI is InChI=1S/C22H26N2O2/c1-22(26-18-6-3-2-4-7-18)11-14-24(15-12-22)16-17-25-21-9-5-8-20-19(21)10-13-23-20/h2-10,13,23H,11-12,14-17H2,1H3. The van der Waals surface area contributed by atoms with Crippen molar-refractivity contribution in [3.05, 3.63) is 60.8 Å². The second-order valence-electron chi connectivity index (χ2n) is 7.25. The summed E-state index contributed by atoms with van der Waals surface area (Å²) in [5, 5.41) is 1.15. The Balaban J connectivity index is 1.26. The number of likely N-dealkylation sites (tertiary alicyclic amines) is 1. The van der Waals surface area contributed by atoms with Crippen LogP contribution in [0.2, 0.25) is 0 Å². The minimum atomic E-state index is -0.0740. The molecule has 136 valence electrons. The summed E-state index contributed by atoms with van der Waals surface area (Å²) in [6, 6.07) is 18.3. The van der Waals surface area contributed by atoms with Gasteiger partial charge in [0.2, 0.25) is 0 Å². The van der Waals surface area contributed by atoms with Gasteiger partial charge < -0.3 is 14.5 Å². The number of aromatic amines is 1. The second kappa shape index (κ2) is 7.42. The molecule has 0 atom stereocenters. The van der Waals surface area contributed by atoms with Crippen molar-refractivity contribution in [3.63, 3.8) is 0 Å². The molecule has 26 heavy (non-hydrogen) atoms. The topological polar surface area (TPSA) is 37.5 Å². The first-order valence-electron chi connectivity index (χ1n) is 9.37. The highest BCUT2D eigenvalue weighted by Gasteiger charge is 2.31. The van der Waals surface area contributed by atoms with Gasteiger partial charge in [-0.25, -0.2) is 0 Å². The third-order valence-electron chi connectivity index (χ3n) is 5.24. The summed E-state index contributed by atoms with van der Waals surface area (Å²) >= 11 is 0. The van der Waals surface area contributed by atoms with Crippen LogP contribution in [0.3, 0.4) is 0 Å². The number of H-pyrrole nitrogens is 1. The molecular formula is C22H26N2O2. The Labute approximate surface area is 154 Å². The quantitative estimate of drug-likeness (QED) is 0.712. The minimum absolute atomic E-state index is 0.0740. The van der Waals surface area contributed by atoms with Crippen LogP contribution in [0.1, 0.15) is 19.8 Å². The predicted octanol–water partition coefficient (Wildman–Crippen LogP) is 4.48. The Kier molecular flexibility index (Phi) is 4.85. The van der Waals surface area contributed by atoms with Crippen LogP contribution in [-0.2, 0) is 0 Å². The molecule has 1 aliphatic heterocycles. The van der Waals surface area contributed by atoms with E-state index in [4.69, 9.17) is 9.47 Å². The molecule has 1 N–H and O–H groups in total. The number of benzene rings is 2. The largest absolute Gasteiger partial charge is 0.492 e. The molecule has 1 aliphatic rings. The third-order valence-corrected chi connectivity index (χ3v) is 5.24. The normalized spacial score (nSPS) is 17.3. The van der Waals surface area contributed by atoms with Crippen molar-refractivity contribution in [3.8, 4) is 11.5 Å². The zero-order valence-corrected chi connectivity index (χ0v) is 15.3. The molecule has 0 radical (unpaired) electrons. The van der Waals surface area contributed by atoms with Crippen molar-refractivity contribution < 1.29 is 9.47 Å². The second-order valence-corrected chi connectivity index (χ2v) is 7.25. The molecular weight excluding hydrogens is 324 g/mol. The fourth-order valence-corrected chi connectivity index (χ4v) is 3.59. The van der Waals surface area contributed by atoms with Crippen molar-refractivity contribution in [2.24, 2.45) is 0 Å². The summed E-state index contributed by atoms with van der Waals surface area (Å²) in [4.78, 5) is 5.69. The van der Waals surface area contributed by atoms with Crippen LogP contribution in [0.15, 0.2) is 60.8 Å². The number of rotatable bonds is 6. The molecule has 1 saturated heterocycles. The number of nitrogens with one attached hydrogen (secondary N) is 1. The van der Waals surface area contributed by atoms with Gasteiger partial charge in [0.1, 0.15) is 23.7 Å². The molecule has 4 heteroatoms. The number of ether oxygens (including phenoxy) is 2. The van der Waals surface area contributed by atoms with Crippen LogP contribution < -0.4 is 9.47 Å². The van der Waals surface area contributed by atoms with Gasteiger partial charge in [-0.2, -0.15) is 0 Å². The molecule has 0 bridgehead atoms. The van der Waals surface area contributed by atoms with Crippen LogP contribution in [0.4, 0.5) is 0 Å². The average Bonchev–Trinajstić information content (AvgIpc) is 3.14. The molecule has 2 heterocycles. The summed E-state index contributed by atoms with van der Waals surface area (Å²) in [5.74, 6) is 1.92. The Morgan fingerprint density at radius 3 is 2.62 bits per heavy atom. The highest BCUT2D eigenvalue weighted by atomic mass is 16.5. The summed E-state index contributed by atoms with van der Waals surface area (Å²) in [6.07, 6.45) is 4.03. The Morgan fingerprint density at radius 1 is 1.00 bits per heavy atom. The molecule has 0 unspecified atom stereocenters. The van der Waals surface area contributed by atoms with Gasteiger partial charge in [0, 0.05) is 36.7 Å². The average molecular weight is 350 g/mol. The van der Waals surface area contributed by atoms with Crippen molar-refractivity contribution in [2.75, 3.05) is 26.2 Å². The third kappa shape index (κ3) is 3.86. The number of hydrogen-bond acceptors (Lipinski definition) is 3. The lowest BCUT2D eigenvalue weighted by molar-refractivity contribution is 0.0136. The van der Waals surface area contributed by atoms with E-state index in [2.05, 4.69) is 28.9 Å². The van der Waals surface area contributed by atoms with E-state index in [1.54, 1.807) is 0 Å². The number of hydrogen-bond donors (Lipinski definition) is 1.